The van der Waals surface area contributed by atoms with Crippen molar-refractivity contribution in [3.05, 3.63) is 271 Å². The summed E-state index contributed by atoms with van der Waals surface area (Å²) in [4.78, 5) is 2.51. The molecule has 0 amide bonds. The molecule has 0 saturated heterocycles. The highest BCUT2D eigenvalue weighted by molar-refractivity contribution is 7.26. The van der Waals surface area contributed by atoms with Gasteiger partial charge in [0, 0.05) is 42.4 Å². The van der Waals surface area contributed by atoms with Crippen LogP contribution in [0.2, 0.25) is 0 Å². The average Bonchev–Trinajstić information content (AvgIpc) is 3.93. The summed E-state index contributed by atoms with van der Waals surface area (Å²) >= 11 is 1.88. The second kappa shape index (κ2) is 16.2. The van der Waals surface area contributed by atoms with E-state index in [9.17, 15) is 0 Å². The lowest BCUT2D eigenvalue weighted by Crippen LogP contribution is -2.22. The molecule has 320 valence electrons. The summed E-state index contributed by atoms with van der Waals surface area (Å²) in [5, 5.41) is 5.08. The molecular weight excluding hydrogens is 839 g/mol. The smallest absolute Gasteiger partial charge is 0.0540 e. The van der Waals surface area contributed by atoms with Gasteiger partial charge in [0.05, 0.1) is 11.4 Å². The van der Waals surface area contributed by atoms with Crippen molar-refractivity contribution in [1.29, 1.82) is 0 Å². The van der Waals surface area contributed by atoms with Gasteiger partial charge in [-0.25, -0.2) is 0 Å². The Kier molecular flexibility index (Phi) is 9.56. The van der Waals surface area contributed by atoms with Gasteiger partial charge in [-0.1, -0.05) is 224 Å². The topological polar surface area (TPSA) is 3.24 Å². The number of thiophene rings is 1. The summed E-state index contributed by atoms with van der Waals surface area (Å²) in [7, 11) is 0. The van der Waals surface area contributed by atoms with Gasteiger partial charge >= 0.3 is 0 Å². The zero-order valence-electron chi connectivity index (χ0n) is 37.6. The minimum atomic E-state index is -0.317. The minimum Gasteiger partial charge on any atom is -0.309 e. The van der Waals surface area contributed by atoms with Crippen LogP contribution in [-0.2, 0) is 5.41 Å². The Balaban J connectivity index is 1.05. The van der Waals surface area contributed by atoms with Gasteiger partial charge in [0.25, 0.3) is 0 Å². The summed E-state index contributed by atoms with van der Waals surface area (Å²) in [5.41, 5.74) is 19.2. The van der Waals surface area contributed by atoms with Crippen molar-refractivity contribution in [1.82, 2.24) is 0 Å². The van der Waals surface area contributed by atoms with Crippen LogP contribution in [0.25, 0.3) is 86.6 Å². The zero-order chi connectivity index (χ0) is 45.2. The first-order valence-corrected chi connectivity index (χ1v) is 24.3. The maximum absolute atomic E-state index is 2.51. The van der Waals surface area contributed by atoms with Crippen LogP contribution in [0.15, 0.2) is 255 Å². The fourth-order valence-corrected chi connectivity index (χ4v) is 12.5. The van der Waals surface area contributed by atoms with Gasteiger partial charge in [0.15, 0.2) is 0 Å². The molecule has 0 radical (unpaired) electrons. The largest absolute Gasteiger partial charge is 0.309 e. The summed E-state index contributed by atoms with van der Waals surface area (Å²) in [6.45, 7) is 2.40. The molecule has 2 heteroatoms. The van der Waals surface area contributed by atoms with Crippen molar-refractivity contribution in [2.45, 2.75) is 12.3 Å². The number of anilines is 3. The molecule has 1 aliphatic carbocycles. The average molecular weight is 884 g/mol. The molecule has 0 aliphatic heterocycles. The number of para-hydroxylation sites is 2. The van der Waals surface area contributed by atoms with Crippen molar-refractivity contribution in [3.63, 3.8) is 0 Å². The first-order valence-electron chi connectivity index (χ1n) is 23.5. The van der Waals surface area contributed by atoms with E-state index in [1.54, 1.807) is 0 Å². The van der Waals surface area contributed by atoms with Gasteiger partial charge in [-0.15, -0.1) is 11.3 Å². The summed E-state index contributed by atoms with van der Waals surface area (Å²) < 4.78 is 2.63. The van der Waals surface area contributed by atoms with E-state index in [1.807, 2.05) is 11.3 Å². The molecule has 68 heavy (non-hydrogen) atoms. The van der Waals surface area contributed by atoms with Gasteiger partial charge < -0.3 is 4.90 Å². The first-order chi connectivity index (χ1) is 33.6. The van der Waals surface area contributed by atoms with Crippen LogP contribution in [0.4, 0.5) is 17.1 Å². The number of rotatable bonds is 8. The molecule has 0 saturated carbocycles. The summed E-state index contributed by atoms with van der Waals surface area (Å²) in [6, 6.07) is 94.1. The monoisotopic (exact) mass is 883 g/mol. The molecule has 0 bridgehead atoms. The number of fused-ring (bicyclic) bond motifs is 7. The van der Waals surface area contributed by atoms with Crippen LogP contribution in [0.3, 0.4) is 0 Å². The van der Waals surface area contributed by atoms with E-state index in [-0.39, 0.29) is 5.41 Å². The van der Waals surface area contributed by atoms with Gasteiger partial charge in [-0.05, 0) is 109 Å². The Morgan fingerprint density at radius 2 is 0.868 bits per heavy atom. The van der Waals surface area contributed by atoms with Crippen LogP contribution in [0.5, 0.6) is 0 Å². The van der Waals surface area contributed by atoms with E-state index in [4.69, 9.17) is 0 Å². The fraction of sp³-hybridized carbons (Fsp3) is 0.0303. The molecule has 0 fully saturated rings. The predicted molar refractivity (Wildman–Crippen MR) is 291 cm³/mol. The van der Waals surface area contributed by atoms with Gasteiger partial charge in [0.1, 0.15) is 0 Å². The Morgan fingerprint density at radius 3 is 1.63 bits per heavy atom. The maximum Gasteiger partial charge on any atom is 0.0540 e. The molecule has 1 aromatic heterocycles. The zero-order valence-corrected chi connectivity index (χ0v) is 38.4. The predicted octanol–water partition coefficient (Wildman–Crippen LogP) is 18.7. The lowest BCUT2D eigenvalue weighted by atomic mass is 9.74. The third-order valence-corrected chi connectivity index (χ3v) is 15.6. The normalized spacial score (nSPS) is 14.0. The molecule has 1 aliphatic rings. The Hall–Kier alpha value is -8.30. The third kappa shape index (κ3) is 6.29. The van der Waals surface area contributed by atoms with Crippen LogP contribution in [0, 0.1) is 0 Å². The molecule has 12 aromatic rings. The van der Waals surface area contributed by atoms with E-state index in [2.05, 4.69) is 267 Å². The highest BCUT2D eigenvalue weighted by Gasteiger charge is 2.42. The Bertz CT molecular complexity index is 3860. The van der Waals surface area contributed by atoms with Gasteiger partial charge in [-0.2, -0.15) is 0 Å². The highest BCUT2D eigenvalue weighted by atomic mass is 32.1. The highest BCUT2D eigenvalue weighted by Crippen LogP contribution is 2.57. The Morgan fingerprint density at radius 1 is 0.353 bits per heavy atom. The van der Waals surface area contributed by atoms with Crippen molar-refractivity contribution in [2.24, 2.45) is 0 Å². The first kappa shape index (κ1) is 40.0. The molecule has 1 heterocycles. The molecule has 1 unspecified atom stereocenters. The van der Waals surface area contributed by atoms with Crippen LogP contribution < -0.4 is 4.90 Å². The Labute approximate surface area is 401 Å². The number of nitrogens with zero attached hydrogens (tertiary/aromatic N) is 1. The van der Waals surface area contributed by atoms with Crippen LogP contribution in [0.1, 0.15) is 23.6 Å². The number of hydrogen-bond acceptors (Lipinski definition) is 2. The van der Waals surface area contributed by atoms with Gasteiger partial charge in [-0.3, -0.25) is 0 Å². The van der Waals surface area contributed by atoms with Crippen molar-refractivity contribution >= 4 is 59.3 Å². The molecule has 0 spiro atoms. The quantitative estimate of drug-likeness (QED) is 0.147. The van der Waals surface area contributed by atoms with Crippen molar-refractivity contribution in [2.75, 3.05) is 4.90 Å². The second-order valence-electron chi connectivity index (χ2n) is 18.0. The minimum absolute atomic E-state index is 0.317. The van der Waals surface area contributed by atoms with Crippen molar-refractivity contribution in [3.8, 4) is 55.6 Å². The van der Waals surface area contributed by atoms with E-state index >= 15 is 0 Å². The van der Waals surface area contributed by atoms with Crippen LogP contribution in [-0.4, -0.2) is 0 Å². The molecule has 1 atom stereocenters. The summed E-state index contributed by atoms with van der Waals surface area (Å²) in [5.74, 6) is 0. The SMILES string of the molecule is CC1(c2ccccc2)c2ccccc2-c2c(-c3ccccc3N(c3ccc(-c4cccc5c4sc4ccccc45)cc3)c3ccccc3-c3cccc4cccc(-c5ccccc5)c34)cccc21. The standard InChI is InChI=1S/C66H45NS/c1-66(47-24-6-3-7-25-47)58-35-12-8-29-57(58)64-55(33-19-36-59(64)66)52-27-10-14-38-61(52)67(48-42-40-45(41-43-48)50-31-18-34-56-53-28-11-15-39-62(53)68-65(50)56)60-37-13-9-26-51(60)54-32-17-23-46-22-16-30-49(63(46)54)44-20-4-2-5-21-44/h2-43H,1H3. The summed E-state index contributed by atoms with van der Waals surface area (Å²) in [6.07, 6.45) is 0. The lowest BCUT2D eigenvalue weighted by molar-refractivity contribution is 0.714. The molecule has 0 N–H and O–H groups in total. The number of hydrogen-bond donors (Lipinski definition) is 0. The fourth-order valence-electron chi connectivity index (χ4n) is 11.2. The van der Waals surface area contributed by atoms with Gasteiger partial charge in [0.2, 0.25) is 0 Å². The molecule has 11 aromatic carbocycles. The number of benzene rings is 11. The van der Waals surface area contributed by atoms with E-state index in [0.29, 0.717) is 0 Å². The third-order valence-electron chi connectivity index (χ3n) is 14.4. The maximum atomic E-state index is 2.51. The lowest BCUT2D eigenvalue weighted by Gasteiger charge is -2.31. The van der Waals surface area contributed by atoms with Crippen molar-refractivity contribution < 1.29 is 0 Å². The molecular formula is C66H45NS. The molecule has 1 nitrogen and oxygen atoms in total. The second-order valence-corrected chi connectivity index (χ2v) is 19.1. The van der Waals surface area contributed by atoms with Crippen LogP contribution >= 0.6 is 11.3 Å². The van der Waals surface area contributed by atoms with E-state index < -0.39 is 0 Å². The van der Waals surface area contributed by atoms with E-state index in [0.717, 1.165) is 22.6 Å². The molecule has 13 rings (SSSR count). The van der Waals surface area contributed by atoms with E-state index in [1.165, 1.54) is 97.7 Å².